The Morgan fingerprint density at radius 1 is 1.13 bits per heavy atom. The summed E-state index contributed by atoms with van der Waals surface area (Å²) >= 11 is 0. The molecule has 4 aliphatic carbocycles. The fourth-order valence-electron chi connectivity index (χ4n) is 4.84. The van der Waals surface area contributed by atoms with Gasteiger partial charge in [-0.25, -0.2) is 4.79 Å². The molecule has 0 unspecified atom stereocenters. The van der Waals surface area contributed by atoms with Gasteiger partial charge in [-0.15, -0.1) is 0 Å². The van der Waals surface area contributed by atoms with Gasteiger partial charge in [-0.1, -0.05) is 0 Å². The average molecular weight is 210 g/mol. The molecular formula is C12H18O3. The molecule has 0 spiro atoms. The SMILES string of the molecule is O=C(CC12CC3CC(CC(C3)C1)C2)OO. The molecule has 0 aliphatic heterocycles. The monoisotopic (exact) mass is 210 g/mol. The standard InChI is InChI=1S/C12H18O3/c13-11(15-14)7-12-4-8-1-9(5-12)3-10(2-8)6-12/h8-10,14H,1-7H2. The van der Waals surface area contributed by atoms with Gasteiger partial charge in [0.15, 0.2) is 0 Å². The van der Waals surface area contributed by atoms with E-state index in [1.807, 2.05) is 0 Å². The van der Waals surface area contributed by atoms with Gasteiger partial charge in [0.2, 0.25) is 0 Å². The van der Waals surface area contributed by atoms with Crippen LogP contribution >= 0.6 is 0 Å². The number of carbonyl (C=O) groups is 1. The third-order valence-electron chi connectivity index (χ3n) is 4.79. The van der Waals surface area contributed by atoms with Crippen LogP contribution < -0.4 is 0 Å². The summed E-state index contributed by atoms with van der Waals surface area (Å²) in [5, 5.41) is 8.39. The van der Waals surface area contributed by atoms with Crippen molar-refractivity contribution in [3.05, 3.63) is 0 Å². The largest absolute Gasteiger partial charge is 0.342 e. The maximum Gasteiger partial charge on any atom is 0.342 e. The fraction of sp³-hybridized carbons (Fsp3) is 0.917. The molecule has 0 aromatic heterocycles. The highest BCUT2D eigenvalue weighted by Gasteiger charge is 2.51. The smallest absolute Gasteiger partial charge is 0.301 e. The number of rotatable bonds is 2. The van der Waals surface area contributed by atoms with E-state index in [2.05, 4.69) is 4.89 Å². The molecule has 15 heavy (non-hydrogen) atoms. The molecule has 4 saturated carbocycles. The molecule has 0 amide bonds. The Labute approximate surface area is 89.7 Å². The lowest BCUT2D eigenvalue weighted by molar-refractivity contribution is -0.239. The third-order valence-corrected chi connectivity index (χ3v) is 4.79. The minimum absolute atomic E-state index is 0.189. The Bertz CT molecular complexity index is 249. The van der Waals surface area contributed by atoms with E-state index in [4.69, 9.17) is 5.26 Å². The molecular weight excluding hydrogens is 192 g/mol. The van der Waals surface area contributed by atoms with Crippen molar-refractivity contribution in [2.45, 2.75) is 44.9 Å². The van der Waals surface area contributed by atoms with Crippen molar-refractivity contribution in [3.63, 3.8) is 0 Å². The first kappa shape index (κ1) is 9.64. The molecule has 0 atom stereocenters. The zero-order valence-corrected chi connectivity index (χ0v) is 8.95. The third kappa shape index (κ3) is 1.57. The lowest BCUT2D eigenvalue weighted by Gasteiger charge is -2.56. The molecule has 0 aromatic carbocycles. The topological polar surface area (TPSA) is 46.5 Å². The van der Waals surface area contributed by atoms with Gasteiger partial charge in [0.1, 0.15) is 0 Å². The van der Waals surface area contributed by atoms with Crippen molar-refractivity contribution in [2.75, 3.05) is 0 Å². The molecule has 3 heteroatoms. The second kappa shape index (κ2) is 3.21. The van der Waals surface area contributed by atoms with Gasteiger partial charge in [0.25, 0.3) is 0 Å². The van der Waals surface area contributed by atoms with Gasteiger partial charge in [0, 0.05) is 0 Å². The van der Waals surface area contributed by atoms with Crippen LogP contribution in [0.1, 0.15) is 44.9 Å². The second-order valence-electron chi connectivity index (χ2n) is 6.06. The average Bonchev–Trinajstić information content (AvgIpc) is 2.14. The van der Waals surface area contributed by atoms with Gasteiger partial charge in [-0.05, 0) is 61.7 Å². The number of hydrogen-bond donors (Lipinski definition) is 1. The summed E-state index contributed by atoms with van der Waals surface area (Å²) in [7, 11) is 0. The maximum atomic E-state index is 11.2. The van der Waals surface area contributed by atoms with Crippen LogP contribution in [0.5, 0.6) is 0 Å². The predicted octanol–water partition coefficient (Wildman–Crippen LogP) is 2.61. The van der Waals surface area contributed by atoms with E-state index in [0.29, 0.717) is 6.42 Å². The molecule has 0 radical (unpaired) electrons. The molecule has 4 aliphatic rings. The summed E-state index contributed by atoms with van der Waals surface area (Å²) in [6.07, 6.45) is 8.15. The quantitative estimate of drug-likeness (QED) is 0.563. The molecule has 84 valence electrons. The van der Waals surface area contributed by atoms with Crippen LogP contribution in [0.2, 0.25) is 0 Å². The van der Waals surface area contributed by atoms with Gasteiger partial charge in [-0.2, -0.15) is 5.26 Å². The first-order valence-corrected chi connectivity index (χ1v) is 6.03. The van der Waals surface area contributed by atoms with E-state index in [0.717, 1.165) is 17.8 Å². The molecule has 0 saturated heterocycles. The molecule has 4 bridgehead atoms. The Kier molecular flexibility index (Phi) is 2.06. The van der Waals surface area contributed by atoms with Crippen molar-refractivity contribution >= 4 is 5.97 Å². The van der Waals surface area contributed by atoms with Gasteiger partial charge >= 0.3 is 5.97 Å². The van der Waals surface area contributed by atoms with Crippen LogP contribution in [0, 0.1) is 23.2 Å². The molecule has 4 rings (SSSR count). The predicted molar refractivity (Wildman–Crippen MR) is 53.9 cm³/mol. The first-order valence-electron chi connectivity index (χ1n) is 6.03. The van der Waals surface area contributed by atoms with Crippen molar-refractivity contribution in [1.82, 2.24) is 0 Å². The normalized spacial score (nSPS) is 46.9. The van der Waals surface area contributed by atoms with Gasteiger partial charge < -0.3 is 4.89 Å². The lowest BCUT2D eigenvalue weighted by Crippen LogP contribution is -2.47. The van der Waals surface area contributed by atoms with Gasteiger partial charge in [-0.3, -0.25) is 0 Å². The summed E-state index contributed by atoms with van der Waals surface area (Å²) in [6, 6.07) is 0. The molecule has 0 heterocycles. The van der Waals surface area contributed by atoms with Crippen LogP contribution in [0.15, 0.2) is 0 Å². The lowest BCUT2D eigenvalue weighted by atomic mass is 9.49. The van der Waals surface area contributed by atoms with Crippen LogP contribution in [-0.2, 0) is 9.68 Å². The van der Waals surface area contributed by atoms with Crippen molar-refractivity contribution in [3.8, 4) is 0 Å². The minimum atomic E-state index is -0.433. The van der Waals surface area contributed by atoms with Crippen LogP contribution in [0.25, 0.3) is 0 Å². The van der Waals surface area contributed by atoms with Crippen LogP contribution in [0.4, 0.5) is 0 Å². The first-order chi connectivity index (χ1) is 7.19. The highest BCUT2D eigenvalue weighted by atomic mass is 17.1. The van der Waals surface area contributed by atoms with E-state index >= 15 is 0 Å². The van der Waals surface area contributed by atoms with Crippen molar-refractivity contribution in [1.29, 1.82) is 0 Å². The van der Waals surface area contributed by atoms with Crippen molar-refractivity contribution in [2.24, 2.45) is 23.2 Å². The van der Waals surface area contributed by atoms with E-state index in [9.17, 15) is 4.79 Å². The van der Waals surface area contributed by atoms with Gasteiger partial charge in [0.05, 0.1) is 6.42 Å². The van der Waals surface area contributed by atoms with E-state index in [1.165, 1.54) is 38.5 Å². The van der Waals surface area contributed by atoms with E-state index in [-0.39, 0.29) is 5.41 Å². The number of carbonyl (C=O) groups excluding carboxylic acids is 1. The van der Waals surface area contributed by atoms with E-state index in [1.54, 1.807) is 0 Å². The Morgan fingerprint density at radius 2 is 1.60 bits per heavy atom. The Balaban J connectivity index is 1.78. The summed E-state index contributed by atoms with van der Waals surface area (Å²) in [4.78, 5) is 15.1. The Hall–Kier alpha value is -0.570. The minimum Gasteiger partial charge on any atom is -0.301 e. The molecule has 4 fully saturated rings. The maximum absolute atomic E-state index is 11.2. The molecule has 1 N–H and O–H groups in total. The zero-order valence-electron chi connectivity index (χ0n) is 8.95. The summed E-state index contributed by atoms with van der Waals surface area (Å²) in [6.45, 7) is 0. The highest BCUT2D eigenvalue weighted by Crippen LogP contribution is 2.61. The summed E-state index contributed by atoms with van der Waals surface area (Å²) in [5.74, 6) is 2.12. The zero-order chi connectivity index (χ0) is 10.5. The fourth-order valence-corrected chi connectivity index (χ4v) is 4.84. The van der Waals surface area contributed by atoms with E-state index < -0.39 is 5.97 Å². The molecule has 0 aromatic rings. The van der Waals surface area contributed by atoms with Crippen molar-refractivity contribution < 1.29 is 14.9 Å². The summed E-state index contributed by atoms with van der Waals surface area (Å²) < 4.78 is 0. The highest BCUT2D eigenvalue weighted by molar-refractivity contribution is 5.69. The second-order valence-corrected chi connectivity index (χ2v) is 6.06. The number of hydrogen-bond acceptors (Lipinski definition) is 3. The summed E-state index contributed by atoms with van der Waals surface area (Å²) in [5.41, 5.74) is 0.189. The van der Waals surface area contributed by atoms with Crippen LogP contribution in [-0.4, -0.2) is 11.2 Å². The Morgan fingerprint density at radius 3 is 2.00 bits per heavy atom. The molecule has 3 nitrogen and oxygen atoms in total. The van der Waals surface area contributed by atoms with Crippen LogP contribution in [0.3, 0.4) is 0 Å².